The van der Waals surface area contributed by atoms with Gasteiger partial charge in [0.05, 0.1) is 25.7 Å². The van der Waals surface area contributed by atoms with E-state index in [-0.39, 0.29) is 55.5 Å². The summed E-state index contributed by atoms with van der Waals surface area (Å²) < 4.78 is 37.9. The van der Waals surface area contributed by atoms with Crippen LogP contribution in [0.25, 0.3) is 10.9 Å². The lowest BCUT2D eigenvalue weighted by Gasteiger charge is -2.42. The number of methoxy groups -OCH3 is 1. The predicted octanol–water partition coefficient (Wildman–Crippen LogP) is 8.66. The Kier molecular flexibility index (Phi) is 23.6. The van der Waals surface area contributed by atoms with E-state index < -0.39 is 93.7 Å². The normalized spacial score (nSPS) is 14.5. The van der Waals surface area contributed by atoms with Crippen LogP contribution in [0.4, 0.5) is 9.18 Å². The zero-order chi connectivity index (χ0) is 56.8. The minimum Gasteiger partial charge on any atom is -0.469 e. The Morgan fingerprint density at radius 1 is 0.797 bits per heavy atom. The maximum atomic E-state index is 15.0. The molecule has 18 heteroatoms. The van der Waals surface area contributed by atoms with E-state index in [1.165, 1.54) is 43.0 Å². The summed E-state index contributed by atoms with van der Waals surface area (Å²) >= 11 is 0. The van der Waals surface area contributed by atoms with Crippen LogP contribution in [0, 0.1) is 23.1 Å². The highest BCUT2D eigenvalue weighted by molar-refractivity contribution is 5.97. The van der Waals surface area contributed by atoms with Crippen molar-refractivity contribution in [1.29, 1.82) is 0 Å². The number of unbranched alkanes of at least 4 members (excludes halogenated alkanes) is 2. The molecule has 17 nitrogen and oxygen atoms in total. The first-order chi connectivity index (χ1) is 34.0. The van der Waals surface area contributed by atoms with E-state index >= 15 is 0 Å². The van der Waals surface area contributed by atoms with Crippen LogP contribution in [0.5, 0.6) is 0 Å². The van der Waals surface area contributed by atoms with E-state index in [1.54, 1.807) is 116 Å². The monoisotopic (exact) mass is 1040 g/mol. The summed E-state index contributed by atoms with van der Waals surface area (Å²) in [7, 11) is 6.07. The number of aryl methyl sites for hydroxylation is 1. The van der Waals surface area contributed by atoms with E-state index in [1.807, 2.05) is 18.4 Å². The molecular weight excluding hydrogens is 954 g/mol. The number of rotatable bonds is 25. The first-order valence-corrected chi connectivity index (χ1v) is 25.7. The Morgan fingerprint density at radius 3 is 1.95 bits per heavy atom. The van der Waals surface area contributed by atoms with Gasteiger partial charge in [-0.05, 0) is 110 Å². The molecule has 0 radical (unpaired) electrons. The number of carbonyl (C=O) groups is 8. The van der Waals surface area contributed by atoms with Gasteiger partial charge in [0.2, 0.25) is 17.7 Å². The average molecular weight is 1040 g/mol. The van der Waals surface area contributed by atoms with Crippen LogP contribution in [-0.4, -0.2) is 125 Å². The molecule has 0 bridgehead atoms. The Morgan fingerprint density at radius 2 is 1.41 bits per heavy atom. The van der Waals surface area contributed by atoms with Gasteiger partial charge in [-0.3, -0.25) is 33.7 Å². The van der Waals surface area contributed by atoms with E-state index in [2.05, 4.69) is 10.6 Å². The first-order valence-electron chi connectivity index (χ1n) is 25.7. The van der Waals surface area contributed by atoms with Crippen LogP contribution < -0.4 is 10.6 Å². The van der Waals surface area contributed by atoms with E-state index in [0.717, 1.165) is 0 Å². The van der Waals surface area contributed by atoms with E-state index in [4.69, 9.17) is 18.9 Å². The number of nitrogens with one attached hydrogen (secondary N) is 2. The molecule has 2 rings (SSSR count). The molecule has 0 fully saturated rings. The number of ether oxygens (including phenoxy) is 4. The lowest BCUT2D eigenvalue weighted by Crippen LogP contribution is -2.63. The number of amides is 4. The molecule has 0 saturated carbocycles. The van der Waals surface area contributed by atoms with Gasteiger partial charge in [0.15, 0.2) is 0 Å². The highest BCUT2D eigenvalue weighted by Gasteiger charge is 2.47. The molecule has 416 valence electrons. The molecule has 0 unspecified atom stereocenters. The number of likely N-dealkylation sites (N-methyl/N-ethyl adjacent to an activating group) is 2. The van der Waals surface area contributed by atoms with Crippen molar-refractivity contribution >= 4 is 58.4 Å². The number of ketones is 1. The number of Topliss-reactive ketones (excluding diaryl/α,β-unsaturated/α-hetero) is 1. The SMILES string of the molecule is CCOC(=O)[C@@H](CCC(=O)C[C@@H](CCCCCC(=O)OC(C)(C)C)C(=O)OC)NC(=O)/C(C)=C/[C@H](C(C)C)N(C)C(=O)[C@@H](NC(=O)[C@@H](N(C)C(=O)OC(C)(C)C)C(C)(C)c1cn(C)c2ccc(F)cc12)C(C)(C)C. The minimum atomic E-state index is -1.29. The number of aromatic nitrogens is 1. The Hall–Kier alpha value is -5.81. The van der Waals surface area contributed by atoms with Gasteiger partial charge >= 0.3 is 24.0 Å². The number of hydrogen-bond acceptors (Lipinski definition) is 12. The fourth-order valence-corrected chi connectivity index (χ4v) is 8.90. The number of carbonyl (C=O) groups excluding carboxylic acids is 8. The van der Waals surface area contributed by atoms with Crippen molar-refractivity contribution in [2.24, 2.45) is 24.3 Å². The highest BCUT2D eigenvalue weighted by atomic mass is 19.1. The second-order valence-electron chi connectivity index (χ2n) is 23.3. The molecule has 1 heterocycles. The molecule has 0 saturated heterocycles. The molecule has 2 aromatic rings. The molecule has 4 amide bonds. The van der Waals surface area contributed by atoms with E-state index in [0.29, 0.717) is 42.1 Å². The number of benzene rings is 1. The number of halogens is 1. The molecule has 1 aromatic heterocycles. The summed E-state index contributed by atoms with van der Waals surface area (Å²) in [6.07, 6.45) is 4.54. The largest absolute Gasteiger partial charge is 0.469 e. The maximum Gasteiger partial charge on any atom is 0.410 e. The zero-order valence-electron chi connectivity index (χ0n) is 47.8. The fourth-order valence-electron chi connectivity index (χ4n) is 8.90. The van der Waals surface area contributed by atoms with Crippen LogP contribution in [0.15, 0.2) is 36.0 Å². The number of esters is 3. The van der Waals surface area contributed by atoms with Crippen molar-refractivity contribution < 1.29 is 61.7 Å². The maximum absolute atomic E-state index is 15.0. The average Bonchev–Trinajstić information content (AvgIpc) is 3.61. The predicted molar refractivity (Wildman–Crippen MR) is 282 cm³/mol. The molecule has 1 aromatic carbocycles. The third-order valence-electron chi connectivity index (χ3n) is 12.8. The van der Waals surface area contributed by atoms with Gasteiger partial charge < -0.3 is 39.0 Å². The van der Waals surface area contributed by atoms with Gasteiger partial charge in [0.1, 0.15) is 40.9 Å². The van der Waals surface area contributed by atoms with Crippen LogP contribution >= 0.6 is 0 Å². The summed E-state index contributed by atoms with van der Waals surface area (Å²) in [6.45, 7) is 26.3. The topological polar surface area (TPSA) is 209 Å². The second kappa shape index (κ2) is 27.1. The van der Waals surface area contributed by atoms with Crippen molar-refractivity contribution in [3.05, 3.63) is 47.4 Å². The van der Waals surface area contributed by atoms with Gasteiger partial charge in [0, 0.05) is 68.5 Å². The van der Waals surface area contributed by atoms with Crippen molar-refractivity contribution in [2.75, 3.05) is 27.8 Å². The lowest BCUT2D eigenvalue weighted by atomic mass is 9.76. The number of nitrogens with zero attached hydrogens (tertiary/aromatic N) is 3. The first kappa shape index (κ1) is 64.3. The van der Waals surface area contributed by atoms with Gasteiger partial charge in [-0.1, -0.05) is 67.4 Å². The molecule has 0 aliphatic rings. The Bertz CT molecular complexity index is 2330. The highest BCUT2D eigenvalue weighted by Crippen LogP contribution is 2.38. The van der Waals surface area contributed by atoms with Crippen LogP contribution in [0.1, 0.15) is 161 Å². The van der Waals surface area contributed by atoms with Crippen molar-refractivity contribution in [3.63, 3.8) is 0 Å². The van der Waals surface area contributed by atoms with Gasteiger partial charge in [-0.15, -0.1) is 0 Å². The summed E-state index contributed by atoms with van der Waals surface area (Å²) in [6, 6.07) is -0.0191. The van der Waals surface area contributed by atoms with Crippen molar-refractivity contribution in [1.82, 2.24) is 25.0 Å². The van der Waals surface area contributed by atoms with Crippen LogP contribution in [0.2, 0.25) is 0 Å². The lowest BCUT2D eigenvalue weighted by molar-refractivity contribution is -0.155. The molecule has 0 spiro atoms. The Balaban J connectivity index is 2.39. The summed E-state index contributed by atoms with van der Waals surface area (Å²) in [5.41, 5.74) is -2.14. The van der Waals surface area contributed by atoms with Gasteiger partial charge in [0.25, 0.3) is 0 Å². The smallest absolute Gasteiger partial charge is 0.410 e. The van der Waals surface area contributed by atoms with Gasteiger partial charge in [-0.25, -0.2) is 14.0 Å². The second-order valence-corrected chi connectivity index (χ2v) is 23.3. The molecular formula is C56H88FN5O12. The Labute approximate surface area is 439 Å². The number of hydrogen-bond donors (Lipinski definition) is 2. The van der Waals surface area contributed by atoms with Crippen LogP contribution in [-0.2, 0) is 65.0 Å². The quantitative estimate of drug-likeness (QED) is 0.0415. The van der Waals surface area contributed by atoms with E-state index in [9.17, 15) is 42.7 Å². The molecule has 2 N–H and O–H groups in total. The standard InChI is InChI=1S/C56H88FN5O12/c1-20-72-51(69)41(28-27-38(63)31-36(50(68)71-19)24-22-21-23-25-44(64)73-54(8,9)10)58-47(65)35(4)30-43(34(2)3)61(17)49(67)45(53(5,6)7)59-48(66)46(62(18)52(70)74-55(11,12)13)56(14,15)40-33-60(16)42-29-26-37(57)32-39(40)42/h26,29-30,32-34,36,41,43,45-46H,20-25,27-28,31H2,1-19H3,(H,58,65)(H,59,66)/b35-30+/t36-,41-,43-,45-,46-/m1/s1. The zero-order valence-corrected chi connectivity index (χ0v) is 47.8. The summed E-state index contributed by atoms with van der Waals surface area (Å²) in [5, 5.41) is 6.24. The number of fused-ring (bicyclic) bond motifs is 1. The fraction of sp³-hybridized carbons (Fsp3) is 0.679. The summed E-state index contributed by atoms with van der Waals surface area (Å²) in [4.78, 5) is 111. The minimum absolute atomic E-state index is 0.0127. The molecule has 74 heavy (non-hydrogen) atoms. The molecule has 5 atom stereocenters. The van der Waals surface area contributed by atoms with Gasteiger partial charge in [-0.2, -0.15) is 0 Å². The molecule has 0 aliphatic heterocycles. The van der Waals surface area contributed by atoms with Crippen molar-refractivity contribution in [3.8, 4) is 0 Å². The summed E-state index contributed by atoms with van der Waals surface area (Å²) in [5.74, 6) is -5.21. The van der Waals surface area contributed by atoms with Crippen molar-refractivity contribution in [2.45, 2.75) is 196 Å². The third-order valence-corrected chi connectivity index (χ3v) is 12.8. The third kappa shape index (κ3) is 19.2. The van der Waals surface area contributed by atoms with Crippen LogP contribution in [0.3, 0.4) is 0 Å². The molecule has 0 aliphatic carbocycles.